The Morgan fingerprint density at radius 3 is 2.50 bits per heavy atom. The fourth-order valence-corrected chi connectivity index (χ4v) is 1.47. The fraction of sp³-hybridized carbons (Fsp3) is 0.385. The summed E-state index contributed by atoms with van der Waals surface area (Å²) in [6, 6.07) is 7.09. The maximum absolute atomic E-state index is 11.2. The maximum atomic E-state index is 11.2. The fourth-order valence-electron chi connectivity index (χ4n) is 1.47. The van der Waals surface area contributed by atoms with Crippen LogP contribution in [0.2, 0.25) is 0 Å². The van der Waals surface area contributed by atoms with Crippen molar-refractivity contribution in [2.75, 3.05) is 13.2 Å². The minimum atomic E-state index is -0.146. The van der Waals surface area contributed by atoms with E-state index in [4.69, 9.17) is 9.94 Å². The summed E-state index contributed by atoms with van der Waals surface area (Å²) in [4.78, 5) is 11.2. The highest BCUT2D eigenvalue weighted by Gasteiger charge is 2.04. The SMILES string of the molecule is CCNC(=O)COc1ccc(/C(CC)=N/O)cc1. The molecule has 0 aromatic heterocycles. The zero-order chi connectivity index (χ0) is 13.4. The number of nitrogens with zero attached hydrogens (tertiary/aromatic N) is 1. The minimum absolute atomic E-state index is 0.00190. The van der Waals surface area contributed by atoms with Gasteiger partial charge < -0.3 is 15.3 Å². The van der Waals surface area contributed by atoms with Crippen LogP contribution in [0.15, 0.2) is 29.4 Å². The Hall–Kier alpha value is -2.04. The molecule has 18 heavy (non-hydrogen) atoms. The van der Waals surface area contributed by atoms with Gasteiger partial charge in [-0.05, 0) is 43.2 Å². The monoisotopic (exact) mass is 250 g/mol. The van der Waals surface area contributed by atoms with Gasteiger partial charge in [0.15, 0.2) is 6.61 Å². The van der Waals surface area contributed by atoms with E-state index in [9.17, 15) is 4.79 Å². The van der Waals surface area contributed by atoms with E-state index in [1.807, 2.05) is 13.8 Å². The summed E-state index contributed by atoms with van der Waals surface area (Å²) in [5, 5.41) is 14.7. The average Bonchev–Trinajstić information content (AvgIpc) is 2.39. The van der Waals surface area contributed by atoms with Crippen LogP contribution in [0.4, 0.5) is 0 Å². The number of hydrogen-bond donors (Lipinski definition) is 2. The highest BCUT2D eigenvalue weighted by atomic mass is 16.5. The van der Waals surface area contributed by atoms with Crippen LogP contribution in [0, 0.1) is 0 Å². The van der Waals surface area contributed by atoms with Crippen LogP contribution >= 0.6 is 0 Å². The van der Waals surface area contributed by atoms with Crippen molar-refractivity contribution in [3.8, 4) is 5.75 Å². The Morgan fingerprint density at radius 1 is 1.33 bits per heavy atom. The van der Waals surface area contributed by atoms with Gasteiger partial charge in [-0.25, -0.2) is 0 Å². The number of ether oxygens (including phenoxy) is 1. The maximum Gasteiger partial charge on any atom is 0.257 e. The largest absolute Gasteiger partial charge is 0.484 e. The Kier molecular flexibility index (Phi) is 5.70. The molecule has 0 aliphatic heterocycles. The lowest BCUT2D eigenvalue weighted by Crippen LogP contribution is -2.28. The molecule has 1 amide bonds. The molecule has 0 saturated carbocycles. The first-order valence-electron chi connectivity index (χ1n) is 5.92. The van der Waals surface area contributed by atoms with E-state index in [-0.39, 0.29) is 12.5 Å². The van der Waals surface area contributed by atoms with Crippen molar-refractivity contribution in [3.63, 3.8) is 0 Å². The molecule has 0 aliphatic rings. The van der Waals surface area contributed by atoms with E-state index in [0.29, 0.717) is 24.4 Å². The van der Waals surface area contributed by atoms with Crippen molar-refractivity contribution in [3.05, 3.63) is 29.8 Å². The summed E-state index contributed by atoms with van der Waals surface area (Å²) in [6.45, 7) is 4.36. The van der Waals surface area contributed by atoms with Gasteiger partial charge >= 0.3 is 0 Å². The van der Waals surface area contributed by atoms with Crippen molar-refractivity contribution >= 4 is 11.6 Å². The Morgan fingerprint density at radius 2 is 2.00 bits per heavy atom. The van der Waals surface area contributed by atoms with Gasteiger partial charge in [0.05, 0.1) is 5.71 Å². The third-order valence-corrected chi connectivity index (χ3v) is 2.39. The van der Waals surface area contributed by atoms with E-state index < -0.39 is 0 Å². The van der Waals surface area contributed by atoms with Gasteiger partial charge in [-0.15, -0.1) is 0 Å². The molecule has 5 heteroatoms. The number of likely N-dealkylation sites (N-methyl/N-ethyl adjacent to an activating group) is 1. The van der Waals surface area contributed by atoms with Crippen molar-refractivity contribution in [2.45, 2.75) is 20.3 Å². The van der Waals surface area contributed by atoms with Crippen molar-refractivity contribution < 1.29 is 14.7 Å². The molecule has 1 aromatic carbocycles. The molecule has 0 unspecified atom stereocenters. The highest BCUT2D eigenvalue weighted by molar-refractivity contribution is 6.00. The van der Waals surface area contributed by atoms with E-state index in [1.165, 1.54) is 0 Å². The van der Waals surface area contributed by atoms with E-state index >= 15 is 0 Å². The van der Waals surface area contributed by atoms with Gasteiger partial charge in [0, 0.05) is 6.54 Å². The van der Waals surface area contributed by atoms with E-state index in [0.717, 1.165) is 5.56 Å². The number of hydrogen-bond acceptors (Lipinski definition) is 4. The molecule has 1 aromatic rings. The van der Waals surface area contributed by atoms with Crippen molar-refractivity contribution in [2.24, 2.45) is 5.16 Å². The second-order valence-electron chi connectivity index (χ2n) is 3.67. The molecule has 0 spiro atoms. The average molecular weight is 250 g/mol. The number of nitrogens with one attached hydrogen (secondary N) is 1. The molecule has 0 saturated heterocycles. The standard InChI is InChI=1S/C13H18N2O3/c1-3-12(15-17)10-5-7-11(8-6-10)18-9-13(16)14-4-2/h5-8,17H,3-4,9H2,1-2H3,(H,14,16)/b15-12+. The first kappa shape index (κ1) is 14.0. The molecule has 0 heterocycles. The van der Waals surface area contributed by atoms with Crippen LogP contribution in [-0.4, -0.2) is 30.0 Å². The summed E-state index contributed by atoms with van der Waals surface area (Å²) in [6.07, 6.45) is 0.648. The highest BCUT2D eigenvalue weighted by Crippen LogP contribution is 2.13. The number of amides is 1. The summed E-state index contributed by atoms with van der Waals surface area (Å²) >= 11 is 0. The molecular formula is C13H18N2O3. The van der Waals surface area contributed by atoms with Crippen molar-refractivity contribution in [1.82, 2.24) is 5.32 Å². The minimum Gasteiger partial charge on any atom is -0.484 e. The molecular weight excluding hydrogens is 232 g/mol. The number of benzene rings is 1. The topological polar surface area (TPSA) is 70.9 Å². The lowest BCUT2D eigenvalue weighted by Gasteiger charge is -2.07. The van der Waals surface area contributed by atoms with Crippen molar-refractivity contribution in [1.29, 1.82) is 0 Å². The second-order valence-corrected chi connectivity index (χ2v) is 3.67. The van der Waals surface area contributed by atoms with Crippen LogP contribution in [-0.2, 0) is 4.79 Å². The number of carbonyl (C=O) groups excluding carboxylic acids is 1. The van der Waals surface area contributed by atoms with E-state index in [1.54, 1.807) is 24.3 Å². The first-order chi connectivity index (χ1) is 8.71. The predicted octanol–water partition coefficient (Wildman–Crippen LogP) is 1.79. The van der Waals surface area contributed by atoms with Gasteiger partial charge in [-0.1, -0.05) is 12.1 Å². The first-order valence-corrected chi connectivity index (χ1v) is 5.92. The second kappa shape index (κ2) is 7.32. The lowest BCUT2D eigenvalue weighted by atomic mass is 10.1. The van der Waals surface area contributed by atoms with E-state index in [2.05, 4.69) is 10.5 Å². The quantitative estimate of drug-likeness (QED) is 0.459. The summed E-state index contributed by atoms with van der Waals surface area (Å²) in [5.41, 5.74) is 1.45. The molecule has 1 rings (SSSR count). The summed E-state index contributed by atoms with van der Waals surface area (Å²) in [7, 11) is 0. The smallest absolute Gasteiger partial charge is 0.257 e. The summed E-state index contributed by atoms with van der Waals surface area (Å²) in [5.74, 6) is 0.464. The summed E-state index contributed by atoms with van der Waals surface area (Å²) < 4.78 is 5.31. The Balaban J connectivity index is 2.58. The lowest BCUT2D eigenvalue weighted by molar-refractivity contribution is -0.122. The Labute approximate surface area is 106 Å². The molecule has 0 fully saturated rings. The van der Waals surface area contributed by atoms with Gasteiger partial charge in [0.1, 0.15) is 5.75 Å². The molecule has 0 atom stereocenters. The zero-order valence-electron chi connectivity index (χ0n) is 10.6. The molecule has 0 bridgehead atoms. The zero-order valence-corrected chi connectivity index (χ0v) is 10.6. The predicted molar refractivity (Wildman–Crippen MR) is 69.2 cm³/mol. The number of rotatable bonds is 6. The molecule has 0 aliphatic carbocycles. The third-order valence-electron chi connectivity index (χ3n) is 2.39. The molecule has 98 valence electrons. The number of oxime groups is 1. The van der Waals surface area contributed by atoms with Crippen LogP contribution in [0.3, 0.4) is 0 Å². The molecule has 5 nitrogen and oxygen atoms in total. The van der Waals surface area contributed by atoms with Crippen LogP contribution < -0.4 is 10.1 Å². The molecule has 2 N–H and O–H groups in total. The van der Waals surface area contributed by atoms with Gasteiger partial charge in [0.2, 0.25) is 0 Å². The van der Waals surface area contributed by atoms with Gasteiger partial charge in [-0.2, -0.15) is 0 Å². The Bertz CT molecular complexity index is 413. The van der Waals surface area contributed by atoms with Gasteiger partial charge in [-0.3, -0.25) is 4.79 Å². The number of carbonyl (C=O) groups is 1. The van der Waals surface area contributed by atoms with Crippen LogP contribution in [0.1, 0.15) is 25.8 Å². The normalized spacial score (nSPS) is 11.1. The van der Waals surface area contributed by atoms with Gasteiger partial charge in [0.25, 0.3) is 5.91 Å². The van der Waals surface area contributed by atoms with Crippen LogP contribution in [0.5, 0.6) is 5.75 Å². The molecule has 0 radical (unpaired) electrons. The third kappa shape index (κ3) is 4.08. The van der Waals surface area contributed by atoms with Crippen LogP contribution in [0.25, 0.3) is 0 Å².